The van der Waals surface area contributed by atoms with E-state index in [0.717, 1.165) is 24.8 Å². The molecule has 0 bridgehead atoms. The Bertz CT molecular complexity index is 499. The summed E-state index contributed by atoms with van der Waals surface area (Å²) in [5, 5.41) is 0. The summed E-state index contributed by atoms with van der Waals surface area (Å²) in [5.41, 5.74) is 7.04. The van der Waals surface area contributed by atoms with Gasteiger partial charge in [-0.15, -0.1) is 0 Å². The molecule has 1 aromatic rings. The number of benzene rings is 1. The quantitative estimate of drug-likeness (QED) is 0.789. The SMILES string of the molecule is NCCCCc1ccc2c(c1)NS(=O)(=O)CO2. The highest BCUT2D eigenvalue weighted by Gasteiger charge is 2.21. The first kappa shape index (κ1) is 12.2. The minimum atomic E-state index is -3.33. The fourth-order valence-electron chi connectivity index (χ4n) is 1.75. The predicted molar refractivity (Wildman–Crippen MR) is 66.5 cm³/mol. The molecule has 5 nitrogen and oxygen atoms in total. The number of nitrogens with two attached hydrogens (primary N) is 1. The molecule has 0 unspecified atom stereocenters. The molecule has 0 saturated carbocycles. The zero-order chi connectivity index (χ0) is 12.3. The molecule has 0 atom stereocenters. The molecule has 1 heterocycles. The summed E-state index contributed by atoms with van der Waals surface area (Å²) in [5.74, 6) is 0.273. The van der Waals surface area contributed by atoms with Gasteiger partial charge in [0.15, 0.2) is 0 Å². The second-order valence-electron chi connectivity index (χ2n) is 4.06. The van der Waals surface area contributed by atoms with Gasteiger partial charge in [-0.25, -0.2) is 8.42 Å². The van der Waals surface area contributed by atoms with Gasteiger partial charge in [-0.2, -0.15) is 0 Å². The number of nitrogens with one attached hydrogen (secondary N) is 1. The summed E-state index contributed by atoms with van der Waals surface area (Å²) in [6.07, 6.45) is 2.87. The molecule has 1 aromatic carbocycles. The molecule has 0 radical (unpaired) electrons. The Balaban J connectivity index is 2.13. The van der Waals surface area contributed by atoms with Crippen LogP contribution in [0.1, 0.15) is 18.4 Å². The van der Waals surface area contributed by atoms with E-state index in [1.54, 1.807) is 6.07 Å². The summed E-state index contributed by atoms with van der Waals surface area (Å²) in [6, 6.07) is 5.58. The van der Waals surface area contributed by atoms with Gasteiger partial charge in [-0.3, -0.25) is 4.72 Å². The maximum atomic E-state index is 11.3. The third-order valence-corrected chi connectivity index (χ3v) is 3.56. The Labute approximate surface area is 101 Å². The van der Waals surface area contributed by atoms with Crippen molar-refractivity contribution in [3.8, 4) is 5.75 Å². The highest BCUT2D eigenvalue weighted by atomic mass is 32.2. The summed E-state index contributed by atoms with van der Waals surface area (Å²) < 4.78 is 30.3. The van der Waals surface area contributed by atoms with Crippen LogP contribution in [0.2, 0.25) is 0 Å². The van der Waals surface area contributed by atoms with Crippen molar-refractivity contribution in [1.29, 1.82) is 0 Å². The van der Waals surface area contributed by atoms with Gasteiger partial charge in [0.25, 0.3) is 10.0 Å². The average Bonchev–Trinajstić information content (AvgIpc) is 2.28. The maximum absolute atomic E-state index is 11.3. The van der Waals surface area contributed by atoms with Crippen LogP contribution in [0, 0.1) is 0 Å². The number of ether oxygens (including phenoxy) is 1. The van der Waals surface area contributed by atoms with Crippen molar-refractivity contribution < 1.29 is 13.2 Å². The van der Waals surface area contributed by atoms with Crippen LogP contribution < -0.4 is 15.2 Å². The summed E-state index contributed by atoms with van der Waals surface area (Å²) in [7, 11) is -3.33. The van der Waals surface area contributed by atoms with E-state index in [9.17, 15) is 8.42 Å². The Morgan fingerprint density at radius 1 is 1.35 bits per heavy atom. The Morgan fingerprint density at radius 2 is 2.18 bits per heavy atom. The van der Waals surface area contributed by atoms with Crippen molar-refractivity contribution in [2.75, 3.05) is 17.2 Å². The number of sulfonamides is 1. The lowest BCUT2D eigenvalue weighted by Crippen LogP contribution is -2.25. The van der Waals surface area contributed by atoms with Crippen LogP contribution in [-0.4, -0.2) is 20.9 Å². The second-order valence-corrected chi connectivity index (χ2v) is 5.72. The number of anilines is 1. The van der Waals surface area contributed by atoms with Crippen LogP contribution in [0.25, 0.3) is 0 Å². The van der Waals surface area contributed by atoms with Crippen molar-refractivity contribution in [3.63, 3.8) is 0 Å². The molecule has 94 valence electrons. The molecule has 0 saturated heterocycles. The number of fused-ring (bicyclic) bond motifs is 1. The van der Waals surface area contributed by atoms with Gasteiger partial charge >= 0.3 is 0 Å². The standard InChI is InChI=1S/C11H16N2O3S/c12-6-2-1-3-9-4-5-11-10(7-9)13-17(14,15)8-16-11/h4-5,7,13H,1-3,6,8,12H2. The second kappa shape index (κ2) is 4.93. The molecule has 0 fully saturated rings. The number of unbranched alkanes of at least 4 members (excludes halogenated alkanes) is 1. The van der Waals surface area contributed by atoms with Crippen LogP contribution in [0.15, 0.2) is 18.2 Å². The molecule has 0 aromatic heterocycles. The lowest BCUT2D eigenvalue weighted by molar-refractivity contribution is 0.374. The van der Waals surface area contributed by atoms with Crippen LogP contribution in [0.3, 0.4) is 0 Å². The van der Waals surface area contributed by atoms with E-state index in [2.05, 4.69) is 4.72 Å². The fraction of sp³-hybridized carbons (Fsp3) is 0.455. The summed E-state index contributed by atoms with van der Waals surface area (Å²) in [4.78, 5) is 0. The Morgan fingerprint density at radius 3 is 2.94 bits per heavy atom. The van der Waals surface area contributed by atoms with Crippen molar-refractivity contribution >= 4 is 15.7 Å². The summed E-state index contributed by atoms with van der Waals surface area (Å²) >= 11 is 0. The van der Waals surface area contributed by atoms with E-state index in [4.69, 9.17) is 10.5 Å². The predicted octanol–water partition coefficient (Wildman–Crippen LogP) is 1.06. The fourth-order valence-corrected chi connectivity index (χ4v) is 2.59. The van der Waals surface area contributed by atoms with E-state index >= 15 is 0 Å². The van der Waals surface area contributed by atoms with Crippen LogP contribution >= 0.6 is 0 Å². The lowest BCUT2D eigenvalue weighted by atomic mass is 10.1. The van der Waals surface area contributed by atoms with Crippen LogP contribution in [0.4, 0.5) is 5.69 Å². The van der Waals surface area contributed by atoms with Gasteiger partial charge in [0, 0.05) is 0 Å². The first-order chi connectivity index (χ1) is 8.11. The Hall–Kier alpha value is -1.27. The number of hydrogen-bond donors (Lipinski definition) is 2. The minimum Gasteiger partial charge on any atom is -0.474 e. The van der Waals surface area contributed by atoms with E-state index in [-0.39, 0.29) is 5.94 Å². The topological polar surface area (TPSA) is 81.4 Å². The van der Waals surface area contributed by atoms with Crippen LogP contribution in [0.5, 0.6) is 5.75 Å². The maximum Gasteiger partial charge on any atom is 0.268 e. The van der Waals surface area contributed by atoms with Gasteiger partial charge < -0.3 is 10.5 Å². The molecule has 1 aliphatic heterocycles. The van der Waals surface area contributed by atoms with Gasteiger partial charge in [-0.05, 0) is 43.5 Å². The largest absolute Gasteiger partial charge is 0.474 e. The van der Waals surface area contributed by atoms with Crippen molar-refractivity contribution in [3.05, 3.63) is 23.8 Å². The van der Waals surface area contributed by atoms with Gasteiger partial charge in [0.1, 0.15) is 5.75 Å². The third-order valence-electron chi connectivity index (χ3n) is 2.60. The van der Waals surface area contributed by atoms with Crippen molar-refractivity contribution in [2.24, 2.45) is 5.73 Å². The average molecular weight is 256 g/mol. The molecule has 6 heteroatoms. The number of hydrogen-bond acceptors (Lipinski definition) is 4. The Kier molecular flexibility index (Phi) is 3.54. The molecule has 0 amide bonds. The first-order valence-electron chi connectivity index (χ1n) is 5.57. The first-order valence-corrected chi connectivity index (χ1v) is 7.22. The zero-order valence-corrected chi connectivity index (χ0v) is 10.3. The smallest absolute Gasteiger partial charge is 0.268 e. The molecular weight excluding hydrogens is 240 g/mol. The molecule has 17 heavy (non-hydrogen) atoms. The number of aryl methyl sites for hydroxylation is 1. The van der Waals surface area contributed by atoms with Crippen molar-refractivity contribution in [2.45, 2.75) is 19.3 Å². The van der Waals surface area contributed by atoms with Gasteiger partial charge in [0.2, 0.25) is 5.94 Å². The van der Waals surface area contributed by atoms with E-state index in [1.807, 2.05) is 12.1 Å². The summed E-state index contributed by atoms with van der Waals surface area (Å²) in [6.45, 7) is 0.681. The van der Waals surface area contributed by atoms with Crippen LogP contribution in [-0.2, 0) is 16.4 Å². The van der Waals surface area contributed by atoms with E-state index in [1.165, 1.54) is 0 Å². The highest BCUT2D eigenvalue weighted by molar-refractivity contribution is 7.92. The van der Waals surface area contributed by atoms with Gasteiger partial charge in [-0.1, -0.05) is 6.07 Å². The number of rotatable bonds is 4. The van der Waals surface area contributed by atoms with E-state index in [0.29, 0.717) is 18.0 Å². The third kappa shape index (κ3) is 3.10. The highest BCUT2D eigenvalue weighted by Crippen LogP contribution is 2.30. The molecule has 2 rings (SSSR count). The minimum absolute atomic E-state index is 0.313. The molecule has 3 N–H and O–H groups in total. The monoisotopic (exact) mass is 256 g/mol. The van der Waals surface area contributed by atoms with Gasteiger partial charge in [0.05, 0.1) is 5.69 Å². The zero-order valence-electron chi connectivity index (χ0n) is 9.48. The molecule has 0 aliphatic carbocycles. The van der Waals surface area contributed by atoms with Crippen molar-refractivity contribution in [1.82, 2.24) is 0 Å². The van der Waals surface area contributed by atoms with E-state index < -0.39 is 10.0 Å². The molecule has 1 aliphatic rings. The lowest BCUT2D eigenvalue weighted by Gasteiger charge is -2.19. The molecule has 0 spiro atoms. The molecular formula is C11H16N2O3S. The normalized spacial score (nSPS) is 16.8.